The third-order valence-corrected chi connectivity index (χ3v) is 2.76. The van der Waals surface area contributed by atoms with E-state index >= 15 is 0 Å². The summed E-state index contributed by atoms with van der Waals surface area (Å²) in [5.74, 6) is 0.0155. The number of halogens is 2. The molecule has 112 valence electrons. The van der Waals surface area contributed by atoms with Crippen molar-refractivity contribution in [3.63, 3.8) is 0 Å². The van der Waals surface area contributed by atoms with Crippen molar-refractivity contribution in [3.8, 4) is 0 Å². The second-order valence-corrected chi connectivity index (χ2v) is 4.34. The van der Waals surface area contributed by atoms with Crippen LogP contribution in [0.2, 0.25) is 0 Å². The number of rotatable bonds is 6. The van der Waals surface area contributed by atoms with Crippen molar-refractivity contribution < 1.29 is 13.5 Å². The first-order chi connectivity index (χ1) is 10.1. The first-order valence-corrected chi connectivity index (χ1v) is 6.35. The molecule has 1 aromatic carbocycles. The summed E-state index contributed by atoms with van der Waals surface area (Å²) < 4.78 is 31.0. The monoisotopic (exact) mass is 294 g/mol. The molecule has 0 fully saturated rings. The van der Waals surface area contributed by atoms with E-state index in [0.717, 1.165) is 12.1 Å². The van der Waals surface area contributed by atoms with Gasteiger partial charge in [0.2, 0.25) is 0 Å². The maximum absolute atomic E-state index is 13.1. The molecule has 5 nitrogen and oxygen atoms in total. The SMILES string of the molecule is CNc1cc(NCc2ccc(F)c(F)c2)nc(COC)n1. The predicted octanol–water partition coefficient (Wildman–Crippen LogP) is 2.55. The lowest BCUT2D eigenvalue weighted by Gasteiger charge is -2.10. The number of methoxy groups -OCH3 is 1. The molecule has 21 heavy (non-hydrogen) atoms. The van der Waals surface area contributed by atoms with Crippen LogP contribution in [0, 0.1) is 11.6 Å². The van der Waals surface area contributed by atoms with Crippen molar-refractivity contribution >= 4 is 11.6 Å². The van der Waals surface area contributed by atoms with Crippen LogP contribution in [0.5, 0.6) is 0 Å². The van der Waals surface area contributed by atoms with Crippen LogP contribution >= 0.6 is 0 Å². The molecule has 2 rings (SSSR count). The third-order valence-electron chi connectivity index (χ3n) is 2.76. The summed E-state index contributed by atoms with van der Waals surface area (Å²) in [5, 5.41) is 5.97. The Labute approximate surface area is 121 Å². The molecule has 7 heteroatoms. The van der Waals surface area contributed by atoms with Gasteiger partial charge in [-0.2, -0.15) is 0 Å². The minimum atomic E-state index is -0.868. The van der Waals surface area contributed by atoms with Gasteiger partial charge in [0, 0.05) is 26.8 Å². The van der Waals surface area contributed by atoms with Gasteiger partial charge >= 0.3 is 0 Å². The Hall–Kier alpha value is -2.28. The van der Waals surface area contributed by atoms with E-state index in [0.29, 0.717) is 29.6 Å². The van der Waals surface area contributed by atoms with Crippen LogP contribution in [0.1, 0.15) is 11.4 Å². The molecule has 2 aromatic rings. The molecule has 0 aliphatic carbocycles. The van der Waals surface area contributed by atoms with E-state index in [1.807, 2.05) is 0 Å². The van der Waals surface area contributed by atoms with Gasteiger partial charge in [0.05, 0.1) is 0 Å². The van der Waals surface area contributed by atoms with Crippen LogP contribution in [-0.4, -0.2) is 24.1 Å². The fourth-order valence-corrected chi connectivity index (χ4v) is 1.75. The lowest BCUT2D eigenvalue weighted by Crippen LogP contribution is -2.07. The van der Waals surface area contributed by atoms with Gasteiger partial charge in [0.15, 0.2) is 17.5 Å². The molecule has 0 bridgehead atoms. The molecule has 1 heterocycles. The Bertz CT molecular complexity index is 622. The summed E-state index contributed by atoms with van der Waals surface area (Å²) in [7, 11) is 3.31. The van der Waals surface area contributed by atoms with Crippen LogP contribution < -0.4 is 10.6 Å². The molecule has 0 saturated carbocycles. The van der Waals surface area contributed by atoms with Crippen LogP contribution in [0.25, 0.3) is 0 Å². The van der Waals surface area contributed by atoms with Gasteiger partial charge in [0.25, 0.3) is 0 Å². The standard InChI is InChI=1S/C14H16F2N4O/c1-17-12-6-13(20-14(19-12)8-21-2)18-7-9-3-4-10(15)11(16)5-9/h3-6H,7-8H2,1-2H3,(H2,17,18,19,20). The highest BCUT2D eigenvalue weighted by atomic mass is 19.2. The minimum absolute atomic E-state index is 0.287. The molecule has 0 amide bonds. The maximum atomic E-state index is 13.1. The van der Waals surface area contributed by atoms with E-state index < -0.39 is 11.6 Å². The topological polar surface area (TPSA) is 59.1 Å². The smallest absolute Gasteiger partial charge is 0.159 e. The summed E-state index contributed by atoms with van der Waals surface area (Å²) in [6.07, 6.45) is 0. The molecule has 0 atom stereocenters. The molecule has 0 saturated heterocycles. The minimum Gasteiger partial charge on any atom is -0.377 e. The fraction of sp³-hybridized carbons (Fsp3) is 0.286. The average Bonchev–Trinajstić information content (AvgIpc) is 2.48. The Balaban J connectivity index is 2.11. The number of benzene rings is 1. The summed E-state index contributed by atoms with van der Waals surface area (Å²) in [6.45, 7) is 0.610. The first-order valence-electron chi connectivity index (χ1n) is 6.35. The molecule has 2 N–H and O–H groups in total. The highest BCUT2D eigenvalue weighted by Crippen LogP contribution is 2.14. The maximum Gasteiger partial charge on any atom is 0.159 e. The summed E-state index contributed by atoms with van der Waals surface area (Å²) >= 11 is 0. The van der Waals surface area contributed by atoms with E-state index in [-0.39, 0.29) is 6.61 Å². The fourth-order valence-electron chi connectivity index (χ4n) is 1.75. The Morgan fingerprint density at radius 3 is 2.52 bits per heavy atom. The number of nitrogens with zero attached hydrogens (tertiary/aromatic N) is 2. The molecular weight excluding hydrogens is 278 g/mol. The number of nitrogens with one attached hydrogen (secondary N) is 2. The lowest BCUT2D eigenvalue weighted by atomic mass is 10.2. The Kier molecular flexibility index (Phi) is 4.99. The van der Waals surface area contributed by atoms with Gasteiger partial charge in [-0.15, -0.1) is 0 Å². The van der Waals surface area contributed by atoms with Gasteiger partial charge in [0.1, 0.15) is 18.2 Å². The third kappa shape index (κ3) is 4.09. The van der Waals surface area contributed by atoms with E-state index in [1.54, 1.807) is 20.2 Å². The number of hydrogen-bond donors (Lipinski definition) is 2. The van der Waals surface area contributed by atoms with Crippen molar-refractivity contribution in [2.24, 2.45) is 0 Å². The zero-order valence-corrected chi connectivity index (χ0v) is 11.8. The van der Waals surface area contributed by atoms with Crippen molar-refractivity contribution in [3.05, 3.63) is 47.3 Å². The van der Waals surface area contributed by atoms with Crippen molar-refractivity contribution in [1.29, 1.82) is 0 Å². The quantitative estimate of drug-likeness (QED) is 0.857. The van der Waals surface area contributed by atoms with Crippen LogP contribution in [0.4, 0.5) is 20.4 Å². The summed E-state index contributed by atoms with van der Waals surface area (Å²) in [6, 6.07) is 5.49. The molecule has 0 aliphatic rings. The van der Waals surface area contributed by atoms with Gasteiger partial charge in [-0.05, 0) is 17.7 Å². The Morgan fingerprint density at radius 2 is 1.86 bits per heavy atom. The van der Waals surface area contributed by atoms with Gasteiger partial charge in [-0.3, -0.25) is 0 Å². The van der Waals surface area contributed by atoms with Crippen molar-refractivity contribution in [1.82, 2.24) is 9.97 Å². The number of aromatic nitrogens is 2. The zero-order chi connectivity index (χ0) is 15.2. The van der Waals surface area contributed by atoms with E-state index in [9.17, 15) is 8.78 Å². The number of hydrogen-bond acceptors (Lipinski definition) is 5. The van der Waals surface area contributed by atoms with Gasteiger partial charge in [-0.1, -0.05) is 6.07 Å². The second-order valence-electron chi connectivity index (χ2n) is 4.34. The highest BCUT2D eigenvalue weighted by molar-refractivity contribution is 5.47. The molecule has 0 radical (unpaired) electrons. The summed E-state index contributed by atoms with van der Waals surface area (Å²) in [5.41, 5.74) is 0.617. The van der Waals surface area contributed by atoms with E-state index in [2.05, 4.69) is 20.6 Å². The van der Waals surface area contributed by atoms with Crippen molar-refractivity contribution in [2.45, 2.75) is 13.2 Å². The van der Waals surface area contributed by atoms with E-state index in [1.165, 1.54) is 6.07 Å². The largest absolute Gasteiger partial charge is 0.377 e. The first kappa shape index (κ1) is 15.1. The zero-order valence-electron chi connectivity index (χ0n) is 11.8. The van der Waals surface area contributed by atoms with Crippen LogP contribution in [0.15, 0.2) is 24.3 Å². The number of anilines is 2. The normalized spacial score (nSPS) is 10.5. The van der Waals surface area contributed by atoms with Crippen LogP contribution in [0.3, 0.4) is 0 Å². The molecule has 1 aromatic heterocycles. The molecular formula is C14H16F2N4O. The summed E-state index contributed by atoms with van der Waals surface area (Å²) in [4.78, 5) is 8.50. The average molecular weight is 294 g/mol. The predicted molar refractivity (Wildman–Crippen MR) is 76.0 cm³/mol. The van der Waals surface area contributed by atoms with Crippen molar-refractivity contribution in [2.75, 3.05) is 24.8 Å². The van der Waals surface area contributed by atoms with Gasteiger partial charge < -0.3 is 15.4 Å². The van der Waals surface area contributed by atoms with Gasteiger partial charge in [-0.25, -0.2) is 18.7 Å². The van der Waals surface area contributed by atoms with Crippen LogP contribution in [-0.2, 0) is 17.9 Å². The second kappa shape index (κ2) is 6.94. The van der Waals surface area contributed by atoms with E-state index in [4.69, 9.17) is 4.74 Å². The molecule has 0 spiro atoms. The Morgan fingerprint density at radius 1 is 1.10 bits per heavy atom. The lowest BCUT2D eigenvalue weighted by molar-refractivity contribution is 0.178. The number of ether oxygens (including phenoxy) is 1. The molecule has 0 aliphatic heterocycles. The highest BCUT2D eigenvalue weighted by Gasteiger charge is 2.05. The molecule has 0 unspecified atom stereocenters.